The normalized spacial score (nSPS) is 36.0. The third kappa shape index (κ3) is 1.32. The number of amides is 1. The van der Waals surface area contributed by atoms with E-state index in [0.29, 0.717) is 12.1 Å². The van der Waals surface area contributed by atoms with E-state index in [2.05, 4.69) is 10.7 Å². The Balaban J connectivity index is 1.96. The molecule has 2 atom stereocenters. The number of carbonyl (C=O) groups excluding carboxylic acids is 1. The van der Waals surface area contributed by atoms with Crippen LogP contribution in [0.3, 0.4) is 0 Å². The number of hydrazine groups is 1. The smallest absolute Gasteiger partial charge is 0.221 e. The summed E-state index contributed by atoms with van der Waals surface area (Å²) in [5, 5.41) is 5.41. The van der Waals surface area contributed by atoms with E-state index in [9.17, 15) is 4.79 Å². The summed E-state index contributed by atoms with van der Waals surface area (Å²) < 4.78 is 0. The summed E-state index contributed by atoms with van der Waals surface area (Å²) in [6.45, 7) is 0.800. The second kappa shape index (κ2) is 3.41. The molecule has 2 N–H and O–H groups in total. The average molecular weight is 169 g/mol. The van der Waals surface area contributed by atoms with Crippen LogP contribution in [-0.2, 0) is 4.79 Å². The van der Waals surface area contributed by atoms with Crippen LogP contribution in [-0.4, -0.2) is 30.2 Å². The molecule has 2 unspecified atom stereocenters. The molecular formula is C8H15N3O. The van der Waals surface area contributed by atoms with E-state index in [0.717, 1.165) is 13.1 Å². The zero-order valence-electron chi connectivity index (χ0n) is 7.12. The summed E-state index contributed by atoms with van der Waals surface area (Å²) in [6, 6.07) is 1.13. The molecule has 1 saturated carbocycles. The zero-order valence-corrected chi connectivity index (χ0v) is 7.12. The first-order chi connectivity index (χ1) is 5.92. The van der Waals surface area contributed by atoms with E-state index >= 15 is 0 Å². The summed E-state index contributed by atoms with van der Waals surface area (Å²) in [6.07, 6.45) is 5.84. The van der Waals surface area contributed by atoms with Gasteiger partial charge in [0.25, 0.3) is 0 Å². The molecule has 0 aromatic rings. The molecule has 1 amide bonds. The standard InChI is InChI=1S/C8H15N3O/c12-6-10-11-5-9-7-3-1-2-4-8(7)11/h6-9H,1-5H2,(H,10,12). The van der Waals surface area contributed by atoms with Gasteiger partial charge in [0.2, 0.25) is 6.41 Å². The first-order valence-electron chi connectivity index (χ1n) is 4.61. The minimum Gasteiger partial charge on any atom is -0.298 e. The summed E-state index contributed by atoms with van der Waals surface area (Å²) in [7, 11) is 0. The highest BCUT2D eigenvalue weighted by atomic mass is 16.1. The van der Waals surface area contributed by atoms with Crippen LogP contribution < -0.4 is 10.7 Å². The first-order valence-corrected chi connectivity index (χ1v) is 4.61. The lowest BCUT2D eigenvalue weighted by Gasteiger charge is -2.29. The van der Waals surface area contributed by atoms with Crippen molar-refractivity contribution in [1.29, 1.82) is 0 Å². The molecule has 0 aromatic carbocycles. The van der Waals surface area contributed by atoms with Gasteiger partial charge in [-0.2, -0.15) is 0 Å². The van der Waals surface area contributed by atoms with Gasteiger partial charge in [0.15, 0.2) is 0 Å². The Morgan fingerprint density at radius 2 is 2.25 bits per heavy atom. The molecule has 0 spiro atoms. The van der Waals surface area contributed by atoms with Gasteiger partial charge in [0.05, 0.1) is 6.67 Å². The SMILES string of the molecule is O=CNN1CNC2CCCCC21. The monoisotopic (exact) mass is 169 g/mol. The number of nitrogens with one attached hydrogen (secondary N) is 2. The highest BCUT2D eigenvalue weighted by Gasteiger charge is 2.35. The largest absolute Gasteiger partial charge is 0.298 e. The van der Waals surface area contributed by atoms with Crippen LogP contribution in [0, 0.1) is 0 Å². The van der Waals surface area contributed by atoms with E-state index in [1.165, 1.54) is 25.7 Å². The Kier molecular flexibility index (Phi) is 2.28. The highest BCUT2D eigenvalue weighted by molar-refractivity contribution is 5.45. The Hall–Kier alpha value is -0.610. The fourth-order valence-electron chi connectivity index (χ4n) is 2.26. The lowest BCUT2D eigenvalue weighted by atomic mass is 9.92. The van der Waals surface area contributed by atoms with E-state index in [-0.39, 0.29) is 0 Å². The Morgan fingerprint density at radius 3 is 3.08 bits per heavy atom. The van der Waals surface area contributed by atoms with Gasteiger partial charge in [0, 0.05) is 12.1 Å². The molecule has 1 saturated heterocycles. The third-order valence-electron chi connectivity index (χ3n) is 2.87. The van der Waals surface area contributed by atoms with Crippen LogP contribution in [0.4, 0.5) is 0 Å². The summed E-state index contributed by atoms with van der Waals surface area (Å²) in [5.74, 6) is 0. The maximum absolute atomic E-state index is 10.3. The number of nitrogens with zero attached hydrogens (tertiary/aromatic N) is 1. The molecule has 1 aliphatic carbocycles. The molecule has 4 nitrogen and oxygen atoms in total. The van der Waals surface area contributed by atoms with Crippen LogP contribution in [0.15, 0.2) is 0 Å². The molecule has 2 aliphatic rings. The minimum absolute atomic E-state index is 0.531. The average Bonchev–Trinajstić information content (AvgIpc) is 2.50. The molecular weight excluding hydrogens is 154 g/mol. The van der Waals surface area contributed by atoms with Crippen molar-refractivity contribution in [3.63, 3.8) is 0 Å². The van der Waals surface area contributed by atoms with Crippen molar-refractivity contribution in [1.82, 2.24) is 15.8 Å². The van der Waals surface area contributed by atoms with E-state index < -0.39 is 0 Å². The number of rotatable bonds is 2. The lowest BCUT2D eigenvalue weighted by Crippen LogP contribution is -2.45. The maximum Gasteiger partial charge on any atom is 0.221 e. The Labute approximate surface area is 72.3 Å². The van der Waals surface area contributed by atoms with Gasteiger partial charge < -0.3 is 0 Å². The predicted molar refractivity (Wildman–Crippen MR) is 45.1 cm³/mol. The predicted octanol–water partition coefficient (Wildman–Crippen LogP) is -0.179. The van der Waals surface area contributed by atoms with Gasteiger partial charge in [-0.1, -0.05) is 12.8 Å². The fraction of sp³-hybridized carbons (Fsp3) is 0.875. The Bertz CT molecular complexity index is 174. The van der Waals surface area contributed by atoms with Crippen LogP contribution in [0.1, 0.15) is 25.7 Å². The molecule has 2 fully saturated rings. The number of hydrogen-bond donors (Lipinski definition) is 2. The van der Waals surface area contributed by atoms with Crippen molar-refractivity contribution in [2.75, 3.05) is 6.67 Å². The van der Waals surface area contributed by atoms with Crippen molar-refractivity contribution in [2.45, 2.75) is 37.8 Å². The maximum atomic E-state index is 10.3. The van der Waals surface area contributed by atoms with Crippen molar-refractivity contribution in [3.05, 3.63) is 0 Å². The van der Waals surface area contributed by atoms with Gasteiger partial charge in [-0.3, -0.25) is 15.5 Å². The van der Waals surface area contributed by atoms with Gasteiger partial charge in [-0.15, -0.1) is 0 Å². The lowest BCUT2D eigenvalue weighted by molar-refractivity contribution is -0.114. The van der Waals surface area contributed by atoms with Crippen LogP contribution in [0.2, 0.25) is 0 Å². The van der Waals surface area contributed by atoms with Crippen molar-refractivity contribution in [2.24, 2.45) is 0 Å². The molecule has 1 aliphatic heterocycles. The molecule has 2 rings (SSSR count). The fourth-order valence-corrected chi connectivity index (χ4v) is 2.26. The second-order valence-electron chi connectivity index (χ2n) is 3.54. The molecule has 1 heterocycles. The quantitative estimate of drug-likeness (QED) is 0.564. The van der Waals surface area contributed by atoms with Gasteiger partial charge in [-0.05, 0) is 12.8 Å². The number of fused-ring (bicyclic) bond motifs is 1. The van der Waals surface area contributed by atoms with Crippen molar-refractivity contribution in [3.8, 4) is 0 Å². The van der Waals surface area contributed by atoms with E-state index in [4.69, 9.17) is 0 Å². The van der Waals surface area contributed by atoms with Crippen molar-refractivity contribution >= 4 is 6.41 Å². The van der Waals surface area contributed by atoms with Gasteiger partial charge in [0.1, 0.15) is 0 Å². The molecule has 12 heavy (non-hydrogen) atoms. The summed E-state index contributed by atoms with van der Waals surface area (Å²) in [5.41, 5.74) is 2.73. The van der Waals surface area contributed by atoms with Crippen LogP contribution in [0.25, 0.3) is 0 Å². The first kappa shape index (κ1) is 8.01. The van der Waals surface area contributed by atoms with Gasteiger partial charge >= 0.3 is 0 Å². The second-order valence-corrected chi connectivity index (χ2v) is 3.54. The summed E-state index contributed by atoms with van der Waals surface area (Å²) in [4.78, 5) is 10.3. The van der Waals surface area contributed by atoms with Crippen molar-refractivity contribution < 1.29 is 4.79 Å². The topological polar surface area (TPSA) is 44.4 Å². The Morgan fingerprint density at radius 1 is 1.42 bits per heavy atom. The number of carbonyl (C=O) groups is 1. The zero-order chi connectivity index (χ0) is 8.39. The molecule has 68 valence electrons. The third-order valence-corrected chi connectivity index (χ3v) is 2.87. The molecule has 0 bridgehead atoms. The number of hydrogen-bond acceptors (Lipinski definition) is 3. The van der Waals surface area contributed by atoms with E-state index in [1.54, 1.807) is 0 Å². The summed E-state index contributed by atoms with van der Waals surface area (Å²) >= 11 is 0. The molecule has 0 radical (unpaired) electrons. The minimum atomic E-state index is 0.531. The van der Waals surface area contributed by atoms with Crippen LogP contribution in [0.5, 0.6) is 0 Å². The van der Waals surface area contributed by atoms with E-state index in [1.807, 2.05) is 5.01 Å². The highest BCUT2D eigenvalue weighted by Crippen LogP contribution is 2.25. The van der Waals surface area contributed by atoms with Crippen LogP contribution >= 0.6 is 0 Å². The van der Waals surface area contributed by atoms with Gasteiger partial charge in [-0.25, -0.2) is 5.01 Å². The molecule has 4 heteroatoms. The molecule has 0 aromatic heterocycles.